The Morgan fingerprint density at radius 2 is 2.22 bits per heavy atom. The molecule has 0 aliphatic heterocycles. The number of nitrogens with zero attached hydrogens (tertiary/aromatic N) is 3. The molecule has 0 bridgehead atoms. The average molecular weight is 270 g/mol. The first-order valence-corrected chi connectivity index (χ1v) is 5.95. The van der Waals surface area contributed by atoms with Gasteiger partial charge in [-0.3, -0.25) is 4.68 Å². The third-order valence-electron chi connectivity index (χ3n) is 2.53. The maximum atomic E-state index is 12.6. The van der Waals surface area contributed by atoms with Crippen molar-refractivity contribution in [3.8, 4) is 5.75 Å². The number of halogens is 2. The molecule has 0 saturated heterocycles. The SMILES string of the molecule is CCn1nc(C)c(Cl)c1COc1ccc(F)nc1. The molecule has 0 spiro atoms. The quantitative estimate of drug-likeness (QED) is 0.801. The van der Waals surface area contributed by atoms with Crippen molar-refractivity contribution in [3.05, 3.63) is 40.7 Å². The van der Waals surface area contributed by atoms with Crippen LogP contribution in [0, 0.1) is 12.9 Å². The zero-order chi connectivity index (χ0) is 13.1. The van der Waals surface area contributed by atoms with E-state index in [2.05, 4.69) is 10.1 Å². The van der Waals surface area contributed by atoms with Gasteiger partial charge < -0.3 is 4.74 Å². The van der Waals surface area contributed by atoms with Crippen molar-refractivity contribution in [2.75, 3.05) is 0 Å². The fourth-order valence-electron chi connectivity index (χ4n) is 1.61. The minimum Gasteiger partial charge on any atom is -0.486 e. The van der Waals surface area contributed by atoms with Crippen LogP contribution in [0.3, 0.4) is 0 Å². The average Bonchev–Trinajstić information content (AvgIpc) is 2.65. The van der Waals surface area contributed by atoms with Crippen molar-refractivity contribution >= 4 is 11.6 Å². The van der Waals surface area contributed by atoms with Gasteiger partial charge in [-0.15, -0.1) is 0 Å². The van der Waals surface area contributed by atoms with Crippen LogP contribution in [-0.2, 0) is 13.2 Å². The lowest BCUT2D eigenvalue weighted by Crippen LogP contribution is -2.06. The number of aromatic nitrogens is 3. The van der Waals surface area contributed by atoms with E-state index in [4.69, 9.17) is 16.3 Å². The maximum Gasteiger partial charge on any atom is 0.213 e. The van der Waals surface area contributed by atoms with Gasteiger partial charge in [0.05, 0.1) is 22.6 Å². The molecule has 0 amide bonds. The molecule has 18 heavy (non-hydrogen) atoms. The third-order valence-corrected chi connectivity index (χ3v) is 3.02. The van der Waals surface area contributed by atoms with Crippen molar-refractivity contribution in [2.45, 2.75) is 27.0 Å². The Labute approximate surface area is 109 Å². The first-order chi connectivity index (χ1) is 8.61. The summed E-state index contributed by atoms with van der Waals surface area (Å²) >= 11 is 6.15. The summed E-state index contributed by atoms with van der Waals surface area (Å²) in [7, 11) is 0. The molecule has 96 valence electrons. The number of hydrogen-bond acceptors (Lipinski definition) is 3. The summed E-state index contributed by atoms with van der Waals surface area (Å²) in [5, 5.41) is 4.89. The lowest BCUT2D eigenvalue weighted by atomic mass is 10.3. The molecule has 0 unspecified atom stereocenters. The van der Waals surface area contributed by atoms with Crippen LogP contribution in [0.5, 0.6) is 5.75 Å². The Bertz CT molecular complexity index is 539. The summed E-state index contributed by atoms with van der Waals surface area (Å²) in [5.41, 5.74) is 1.58. The van der Waals surface area contributed by atoms with Crippen LogP contribution in [0.2, 0.25) is 5.02 Å². The molecule has 0 aliphatic carbocycles. The van der Waals surface area contributed by atoms with E-state index in [1.807, 2.05) is 13.8 Å². The summed E-state index contributed by atoms with van der Waals surface area (Å²) < 4.78 is 19.9. The molecular formula is C12H13ClFN3O. The predicted molar refractivity (Wildman–Crippen MR) is 66.2 cm³/mol. The number of ether oxygens (including phenoxy) is 1. The molecule has 2 aromatic rings. The lowest BCUT2D eigenvalue weighted by molar-refractivity contribution is 0.290. The zero-order valence-electron chi connectivity index (χ0n) is 10.2. The molecular weight excluding hydrogens is 257 g/mol. The monoisotopic (exact) mass is 269 g/mol. The van der Waals surface area contributed by atoms with E-state index in [-0.39, 0.29) is 6.61 Å². The van der Waals surface area contributed by atoms with Crippen molar-refractivity contribution in [3.63, 3.8) is 0 Å². The van der Waals surface area contributed by atoms with E-state index in [0.29, 0.717) is 17.3 Å². The van der Waals surface area contributed by atoms with E-state index in [9.17, 15) is 4.39 Å². The number of rotatable bonds is 4. The fraction of sp³-hybridized carbons (Fsp3) is 0.333. The van der Waals surface area contributed by atoms with Gasteiger partial charge in [0.25, 0.3) is 0 Å². The Morgan fingerprint density at radius 1 is 1.44 bits per heavy atom. The van der Waals surface area contributed by atoms with Crippen molar-refractivity contribution in [1.29, 1.82) is 0 Å². The fourth-order valence-corrected chi connectivity index (χ4v) is 1.80. The second kappa shape index (κ2) is 5.35. The molecule has 0 atom stereocenters. The van der Waals surface area contributed by atoms with Crippen LogP contribution in [0.4, 0.5) is 4.39 Å². The molecule has 0 radical (unpaired) electrons. The van der Waals surface area contributed by atoms with Gasteiger partial charge in [-0.1, -0.05) is 11.6 Å². The highest BCUT2D eigenvalue weighted by molar-refractivity contribution is 6.31. The number of pyridine rings is 1. The van der Waals surface area contributed by atoms with Gasteiger partial charge in [0.1, 0.15) is 12.4 Å². The normalized spacial score (nSPS) is 10.7. The standard InChI is InChI=1S/C12H13ClFN3O/c1-3-17-10(12(13)8(2)16-17)7-18-9-4-5-11(14)15-6-9/h4-6H,3,7H2,1-2H3. The molecule has 0 aliphatic rings. The Kier molecular flexibility index (Phi) is 3.81. The van der Waals surface area contributed by atoms with E-state index in [1.165, 1.54) is 18.3 Å². The molecule has 6 heteroatoms. The lowest BCUT2D eigenvalue weighted by Gasteiger charge is -2.07. The third kappa shape index (κ3) is 2.61. The summed E-state index contributed by atoms with van der Waals surface area (Å²) in [6, 6.07) is 2.77. The minimum atomic E-state index is -0.533. The second-order valence-electron chi connectivity index (χ2n) is 3.77. The van der Waals surface area contributed by atoms with Crippen LogP contribution >= 0.6 is 11.6 Å². The summed E-state index contributed by atoms with van der Waals surface area (Å²) in [5.74, 6) is -0.0381. The molecule has 0 fully saturated rings. The molecule has 0 saturated carbocycles. The highest BCUT2D eigenvalue weighted by Gasteiger charge is 2.13. The van der Waals surface area contributed by atoms with Gasteiger partial charge in [0, 0.05) is 6.54 Å². The number of hydrogen-bond donors (Lipinski definition) is 0. The zero-order valence-corrected chi connectivity index (χ0v) is 10.9. The predicted octanol–water partition coefficient (Wildman–Crippen LogP) is 2.98. The maximum absolute atomic E-state index is 12.6. The van der Waals surface area contributed by atoms with Crippen LogP contribution in [-0.4, -0.2) is 14.8 Å². The van der Waals surface area contributed by atoms with Gasteiger partial charge in [-0.25, -0.2) is 4.98 Å². The van der Waals surface area contributed by atoms with E-state index >= 15 is 0 Å². The van der Waals surface area contributed by atoms with Crippen LogP contribution < -0.4 is 4.74 Å². The number of aryl methyl sites for hydroxylation is 2. The first-order valence-electron chi connectivity index (χ1n) is 5.58. The van der Waals surface area contributed by atoms with Crippen molar-refractivity contribution in [1.82, 2.24) is 14.8 Å². The van der Waals surface area contributed by atoms with Gasteiger partial charge >= 0.3 is 0 Å². The molecule has 4 nitrogen and oxygen atoms in total. The molecule has 0 N–H and O–H groups in total. The first kappa shape index (κ1) is 12.8. The Morgan fingerprint density at radius 3 is 2.83 bits per heavy atom. The second-order valence-corrected chi connectivity index (χ2v) is 4.15. The highest BCUT2D eigenvalue weighted by atomic mass is 35.5. The van der Waals surface area contributed by atoms with Crippen molar-refractivity contribution in [2.24, 2.45) is 0 Å². The van der Waals surface area contributed by atoms with Crippen LogP contribution in [0.15, 0.2) is 18.3 Å². The largest absolute Gasteiger partial charge is 0.486 e. The highest BCUT2D eigenvalue weighted by Crippen LogP contribution is 2.22. The van der Waals surface area contributed by atoms with Gasteiger partial charge in [0.2, 0.25) is 5.95 Å². The molecule has 2 heterocycles. The summed E-state index contributed by atoms with van der Waals surface area (Å²) in [6.07, 6.45) is 1.34. The molecule has 0 aromatic carbocycles. The van der Waals surface area contributed by atoms with Crippen molar-refractivity contribution < 1.29 is 9.13 Å². The Balaban J connectivity index is 2.12. The van der Waals surface area contributed by atoms with Gasteiger partial charge in [0.15, 0.2) is 0 Å². The summed E-state index contributed by atoms with van der Waals surface area (Å²) in [6.45, 7) is 4.82. The topological polar surface area (TPSA) is 39.9 Å². The minimum absolute atomic E-state index is 0.279. The Hall–Kier alpha value is -1.62. The van der Waals surface area contributed by atoms with E-state index in [0.717, 1.165) is 11.4 Å². The molecule has 2 rings (SSSR count). The van der Waals surface area contributed by atoms with E-state index < -0.39 is 5.95 Å². The molecule has 2 aromatic heterocycles. The smallest absolute Gasteiger partial charge is 0.213 e. The van der Waals surface area contributed by atoms with Crippen LogP contribution in [0.1, 0.15) is 18.3 Å². The van der Waals surface area contributed by atoms with Gasteiger partial charge in [-0.2, -0.15) is 9.49 Å². The summed E-state index contributed by atoms with van der Waals surface area (Å²) in [4.78, 5) is 3.51. The van der Waals surface area contributed by atoms with Crippen LogP contribution in [0.25, 0.3) is 0 Å². The van der Waals surface area contributed by atoms with E-state index in [1.54, 1.807) is 4.68 Å². The van der Waals surface area contributed by atoms with Gasteiger partial charge in [-0.05, 0) is 26.0 Å².